The number of amides is 1. The molecule has 1 aromatic carbocycles. The molecule has 1 aliphatic rings. The van der Waals surface area contributed by atoms with Crippen molar-refractivity contribution in [2.45, 2.75) is 32.9 Å². The highest BCUT2D eigenvalue weighted by molar-refractivity contribution is 5.95. The molecule has 3 rings (SSSR count). The van der Waals surface area contributed by atoms with Gasteiger partial charge in [0.05, 0.1) is 6.61 Å². The van der Waals surface area contributed by atoms with Crippen LogP contribution < -0.4 is 15.2 Å². The first-order valence-corrected chi connectivity index (χ1v) is 9.42. The molecule has 29 heavy (non-hydrogen) atoms. The number of carbonyl (C=O) groups is 1. The average molecular weight is 442 g/mol. The van der Waals surface area contributed by atoms with Crippen LogP contribution in [0.5, 0.6) is 11.5 Å². The van der Waals surface area contributed by atoms with Crippen molar-refractivity contribution >= 4 is 30.7 Å². The number of halogens is 2. The number of hydrogen-bond donors (Lipinski definition) is 1. The zero-order chi connectivity index (χ0) is 19.2. The third kappa shape index (κ3) is 6.23. The van der Waals surface area contributed by atoms with Crippen LogP contribution in [0.4, 0.5) is 0 Å². The molecule has 2 heterocycles. The van der Waals surface area contributed by atoms with Gasteiger partial charge in [-0.25, -0.2) is 0 Å². The second-order valence-corrected chi connectivity index (χ2v) is 6.89. The number of aromatic nitrogens is 1. The van der Waals surface area contributed by atoms with Crippen molar-refractivity contribution in [2.24, 2.45) is 11.7 Å². The van der Waals surface area contributed by atoms with E-state index in [1.54, 1.807) is 30.6 Å². The number of pyridine rings is 1. The van der Waals surface area contributed by atoms with Crippen molar-refractivity contribution in [3.63, 3.8) is 0 Å². The Morgan fingerprint density at radius 1 is 1.24 bits per heavy atom. The van der Waals surface area contributed by atoms with Gasteiger partial charge in [-0.1, -0.05) is 6.07 Å². The van der Waals surface area contributed by atoms with Gasteiger partial charge in [-0.3, -0.25) is 9.78 Å². The smallest absolute Gasteiger partial charge is 0.254 e. The summed E-state index contributed by atoms with van der Waals surface area (Å²) in [5, 5.41) is 0. The highest BCUT2D eigenvalue weighted by Gasteiger charge is 2.32. The van der Waals surface area contributed by atoms with Gasteiger partial charge < -0.3 is 20.1 Å². The lowest BCUT2D eigenvalue weighted by molar-refractivity contribution is 0.0743. The monoisotopic (exact) mass is 441 g/mol. The Balaban J connectivity index is 0.00000210. The minimum Gasteiger partial charge on any atom is -0.490 e. The van der Waals surface area contributed by atoms with Crippen LogP contribution in [0, 0.1) is 5.92 Å². The summed E-state index contributed by atoms with van der Waals surface area (Å²) >= 11 is 0. The normalized spacial score (nSPS) is 17.8. The van der Waals surface area contributed by atoms with Crippen LogP contribution in [0.3, 0.4) is 0 Å². The van der Waals surface area contributed by atoms with Crippen LogP contribution in [0.1, 0.15) is 36.2 Å². The molecule has 2 N–H and O–H groups in total. The molecule has 8 heteroatoms. The third-order valence-corrected chi connectivity index (χ3v) is 4.86. The quantitative estimate of drug-likeness (QED) is 0.708. The number of carbonyl (C=O) groups excluding carboxylic acids is 1. The fourth-order valence-corrected chi connectivity index (χ4v) is 3.44. The lowest BCUT2D eigenvalue weighted by atomic mass is 10.1. The number of likely N-dealkylation sites (tertiary alicyclic amines) is 1. The maximum atomic E-state index is 12.9. The fraction of sp³-hybridized carbons (Fsp3) is 0.429. The van der Waals surface area contributed by atoms with Gasteiger partial charge in [-0.2, -0.15) is 0 Å². The van der Waals surface area contributed by atoms with Gasteiger partial charge >= 0.3 is 0 Å². The Morgan fingerprint density at radius 2 is 2.03 bits per heavy atom. The van der Waals surface area contributed by atoms with E-state index in [0.717, 1.165) is 12.0 Å². The Bertz CT molecular complexity index is 777. The number of hydrogen-bond acceptors (Lipinski definition) is 5. The summed E-state index contributed by atoms with van der Waals surface area (Å²) in [6, 6.07) is 9.39. The number of benzene rings is 1. The van der Waals surface area contributed by atoms with Crippen LogP contribution >= 0.6 is 24.8 Å². The van der Waals surface area contributed by atoms with Crippen LogP contribution in [0.2, 0.25) is 0 Å². The zero-order valence-corrected chi connectivity index (χ0v) is 18.4. The molecule has 1 saturated heterocycles. The first-order chi connectivity index (χ1) is 13.1. The molecule has 2 aromatic rings. The van der Waals surface area contributed by atoms with Crippen LogP contribution in [-0.2, 0) is 6.61 Å². The summed E-state index contributed by atoms with van der Waals surface area (Å²) < 4.78 is 11.6. The van der Waals surface area contributed by atoms with Crippen LogP contribution in [0.15, 0.2) is 42.7 Å². The molecule has 2 atom stereocenters. The fourth-order valence-electron chi connectivity index (χ4n) is 3.44. The molecular weight excluding hydrogens is 413 g/mol. The van der Waals surface area contributed by atoms with E-state index < -0.39 is 0 Å². The lowest BCUT2D eigenvalue weighted by Crippen LogP contribution is -2.34. The van der Waals surface area contributed by atoms with Crippen LogP contribution in [-0.4, -0.2) is 41.5 Å². The van der Waals surface area contributed by atoms with E-state index in [-0.39, 0.29) is 36.8 Å². The minimum atomic E-state index is 0. The summed E-state index contributed by atoms with van der Waals surface area (Å²) in [6.07, 6.45) is 4.44. The molecule has 6 nitrogen and oxygen atoms in total. The molecule has 1 aromatic heterocycles. The highest BCUT2D eigenvalue weighted by atomic mass is 35.5. The Kier molecular flexibility index (Phi) is 10.2. The van der Waals surface area contributed by atoms with Crippen LogP contribution in [0.25, 0.3) is 0 Å². The predicted octanol–water partition coefficient (Wildman–Crippen LogP) is 3.71. The van der Waals surface area contributed by atoms with E-state index in [4.69, 9.17) is 15.2 Å². The SMILES string of the molecule is CCOc1cc(C(=O)N2CC(CN)CC2C)ccc1OCc1cccnc1.Cl.Cl. The van der Waals surface area contributed by atoms with Crippen molar-refractivity contribution in [2.75, 3.05) is 19.7 Å². The first kappa shape index (κ1) is 25.0. The summed E-state index contributed by atoms with van der Waals surface area (Å²) in [5.41, 5.74) is 7.36. The number of nitrogens with zero attached hydrogens (tertiary/aromatic N) is 2. The number of nitrogens with two attached hydrogens (primary N) is 1. The maximum Gasteiger partial charge on any atom is 0.254 e. The standard InChI is InChI=1S/C21H27N3O3.2ClH/c1-3-26-20-10-18(21(25)24-13-17(11-22)9-15(24)2)6-7-19(20)27-14-16-5-4-8-23-12-16;;/h4-8,10,12,15,17H,3,9,11,13-14,22H2,1-2H3;2*1H. The Labute approximate surface area is 184 Å². The van der Waals surface area contributed by atoms with Gasteiger partial charge in [0.2, 0.25) is 0 Å². The second-order valence-electron chi connectivity index (χ2n) is 6.89. The Morgan fingerprint density at radius 3 is 2.66 bits per heavy atom. The van der Waals surface area contributed by atoms with Gasteiger partial charge in [-0.05, 0) is 57.0 Å². The molecule has 0 bridgehead atoms. The van der Waals surface area contributed by atoms with E-state index in [0.29, 0.717) is 49.3 Å². The topological polar surface area (TPSA) is 77.7 Å². The van der Waals surface area contributed by atoms with Crippen molar-refractivity contribution in [1.29, 1.82) is 0 Å². The highest BCUT2D eigenvalue weighted by Crippen LogP contribution is 2.31. The number of ether oxygens (including phenoxy) is 2. The molecule has 0 spiro atoms. The van der Waals surface area contributed by atoms with Crippen molar-refractivity contribution < 1.29 is 14.3 Å². The van der Waals surface area contributed by atoms with E-state index in [1.807, 2.05) is 24.0 Å². The maximum absolute atomic E-state index is 12.9. The molecule has 0 aliphatic carbocycles. The second kappa shape index (κ2) is 11.9. The summed E-state index contributed by atoms with van der Waals surface area (Å²) in [4.78, 5) is 18.9. The average Bonchev–Trinajstić information content (AvgIpc) is 3.08. The lowest BCUT2D eigenvalue weighted by Gasteiger charge is -2.22. The molecule has 160 valence electrons. The molecule has 1 fully saturated rings. The third-order valence-electron chi connectivity index (χ3n) is 4.86. The van der Waals surface area contributed by atoms with Gasteiger partial charge in [0.15, 0.2) is 11.5 Å². The van der Waals surface area contributed by atoms with Crippen molar-refractivity contribution in [3.8, 4) is 11.5 Å². The van der Waals surface area contributed by atoms with Crippen molar-refractivity contribution in [1.82, 2.24) is 9.88 Å². The molecular formula is C21H29Cl2N3O3. The van der Waals surface area contributed by atoms with E-state index in [2.05, 4.69) is 11.9 Å². The van der Waals surface area contributed by atoms with Crippen molar-refractivity contribution in [3.05, 3.63) is 53.9 Å². The first-order valence-electron chi connectivity index (χ1n) is 9.42. The largest absolute Gasteiger partial charge is 0.490 e. The van der Waals surface area contributed by atoms with E-state index >= 15 is 0 Å². The molecule has 1 aliphatic heterocycles. The predicted molar refractivity (Wildman–Crippen MR) is 118 cm³/mol. The van der Waals surface area contributed by atoms with Gasteiger partial charge in [0.1, 0.15) is 6.61 Å². The summed E-state index contributed by atoms with van der Waals surface area (Å²) in [5.74, 6) is 1.58. The van der Waals surface area contributed by atoms with E-state index in [9.17, 15) is 4.79 Å². The molecule has 1 amide bonds. The molecule has 2 unspecified atom stereocenters. The van der Waals surface area contributed by atoms with E-state index in [1.165, 1.54) is 0 Å². The Hall–Kier alpha value is -2.02. The van der Waals surface area contributed by atoms with Gasteiger partial charge in [0, 0.05) is 36.1 Å². The van der Waals surface area contributed by atoms with Gasteiger partial charge in [-0.15, -0.1) is 24.8 Å². The minimum absolute atomic E-state index is 0. The molecule has 0 saturated carbocycles. The number of rotatable bonds is 7. The zero-order valence-electron chi connectivity index (χ0n) is 16.7. The molecule has 0 radical (unpaired) electrons. The summed E-state index contributed by atoms with van der Waals surface area (Å²) in [6.45, 7) is 6.19. The summed E-state index contributed by atoms with van der Waals surface area (Å²) in [7, 11) is 0. The van der Waals surface area contributed by atoms with Gasteiger partial charge in [0.25, 0.3) is 5.91 Å².